The van der Waals surface area contributed by atoms with Crippen LogP contribution in [-0.4, -0.2) is 62.4 Å². The molecule has 1 heterocycles. The number of aliphatic hydroxyl groups is 1. The average molecular weight is 475 g/mol. The Labute approximate surface area is 206 Å². The molecule has 34 heavy (non-hydrogen) atoms. The van der Waals surface area contributed by atoms with E-state index in [1.165, 1.54) is 12.8 Å². The van der Waals surface area contributed by atoms with Crippen LogP contribution < -0.4 is 10.1 Å². The largest absolute Gasteiger partial charge is 0.490 e. The lowest BCUT2D eigenvalue weighted by molar-refractivity contribution is -0.137. The Morgan fingerprint density at radius 2 is 1.97 bits per heavy atom. The first-order chi connectivity index (χ1) is 16.5. The molecular weight excluding hydrogens is 428 g/mol. The van der Waals surface area contributed by atoms with Crippen molar-refractivity contribution in [3.63, 3.8) is 0 Å². The molecule has 1 aliphatic heterocycles. The normalized spacial score (nSPS) is 21.9. The van der Waals surface area contributed by atoms with Gasteiger partial charge in [0.2, 0.25) is 5.91 Å². The molecule has 0 spiro atoms. The first-order valence-corrected chi connectivity index (χ1v) is 13.4. The van der Waals surface area contributed by atoms with Gasteiger partial charge in [-0.1, -0.05) is 25.1 Å². The summed E-state index contributed by atoms with van der Waals surface area (Å²) in [4.78, 5) is 15.1. The lowest BCUT2D eigenvalue weighted by Gasteiger charge is -2.43. The van der Waals surface area contributed by atoms with Gasteiger partial charge >= 0.3 is 0 Å². The van der Waals surface area contributed by atoms with E-state index in [0.29, 0.717) is 31.9 Å². The predicted octanol–water partition coefficient (Wildman–Crippen LogP) is 4.50. The van der Waals surface area contributed by atoms with Crippen LogP contribution in [0.3, 0.4) is 0 Å². The number of hydrogen-bond donors (Lipinski definition) is 2. The molecule has 1 aromatic carbocycles. The van der Waals surface area contributed by atoms with Gasteiger partial charge in [-0.15, -0.1) is 0 Å². The fourth-order valence-electron chi connectivity index (χ4n) is 5.75. The standard InChI is InChI=1S/C28H46N2O4/c1-22(20-29-2)19-27(31)30-17-10-11-23(21-30)28(32,16-8-9-18-33-3)25-14-6-7-15-26(25)34-24-12-4-5-13-24/h6-7,14-15,22-24,29,32H,4-5,8-13,16-21H2,1-3H3/t22-,23-,28+/m1/s1. The number of nitrogens with one attached hydrogen (secondary N) is 1. The van der Waals surface area contributed by atoms with Gasteiger partial charge in [0.25, 0.3) is 0 Å². The van der Waals surface area contributed by atoms with Gasteiger partial charge in [0, 0.05) is 44.7 Å². The van der Waals surface area contributed by atoms with Crippen LogP contribution in [0.5, 0.6) is 5.75 Å². The van der Waals surface area contributed by atoms with Crippen LogP contribution in [0.15, 0.2) is 24.3 Å². The van der Waals surface area contributed by atoms with Crippen molar-refractivity contribution in [1.29, 1.82) is 0 Å². The van der Waals surface area contributed by atoms with Crippen LogP contribution in [0.25, 0.3) is 0 Å². The van der Waals surface area contributed by atoms with Crippen molar-refractivity contribution in [2.24, 2.45) is 11.8 Å². The molecule has 0 aromatic heterocycles. The van der Waals surface area contributed by atoms with Gasteiger partial charge in [-0.25, -0.2) is 0 Å². The Hall–Kier alpha value is -1.63. The third-order valence-corrected chi connectivity index (χ3v) is 7.63. The molecule has 0 unspecified atom stereocenters. The first-order valence-electron chi connectivity index (χ1n) is 13.4. The monoisotopic (exact) mass is 474 g/mol. The molecule has 3 rings (SSSR count). The molecule has 1 aromatic rings. The number of methoxy groups -OCH3 is 1. The number of carbonyl (C=O) groups excluding carboxylic acids is 1. The third kappa shape index (κ3) is 7.19. The van der Waals surface area contributed by atoms with E-state index in [1.807, 2.05) is 36.2 Å². The van der Waals surface area contributed by atoms with E-state index >= 15 is 0 Å². The third-order valence-electron chi connectivity index (χ3n) is 7.63. The van der Waals surface area contributed by atoms with E-state index < -0.39 is 5.60 Å². The summed E-state index contributed by atoms with van der Waals surface area (Å²) in [7, 11) is 3.64. The Kier molecular flexibility index (Phi) is 10.7. The van der Waals surface area contributed by atoms with Crippen molar-refractivity contribution in [3.8, 4) is 5.75 Å². The number of hydrogen-bond acceptors (Lipinski definition) is 5. The molecule has 2 aliphatic rings. The fourth-order valence-corrected chi connectivity index (χ4v) is 5.75. The van der Waals surface area contributed by atoms with Gasteiger partial charge in [-0.3, -0.25) is 4.79 Å². The summed E-state index contributed by atoms with van der Waals surface area (Å²) in [6, 6.07) is 8.05. The number of unbranched alkanes of at least 4 members (excludes halogenated alkanes) is 1. The fraction of sp³-hybridized carbons (Fsp3) is 0.750. The second-order valence-corrected chi connectivity index (χ2v) is 10.4. The van der Waals surface area contributed by atoms with Crippen LogP contribution in [0.1, 0.15) is 76.7 Å². The maximum absolute atomic E-state index is 13.1. The number of ether oxygens (including phenoxy) is 2. The van der Waals surface area contributed by atoms with Crippen LogP contribution in [0, 0.1) is 11.8 Å². The molecule has 1 aliphatic carbocycles. The quantitative estimate of drug-likeness (QED) is 0.412. The minimum Gasteiger partial charge on any atom is -0.490 e. The van der Waals surface area contributed by atoms with Crippen molar-refractivity contribution < 1.29 is 19.4 Å². The van der Waals surface area contributed by atoms with Gasteiger partial charge in [0.05, 0.1) is 11.7 Å². The Morgan fingerprint density at radius 1 is 1.21 bits per heavy atom. The molecule has 6 heteroatoms. The number of amides is 1. The molecule has 3 atom stereocenters. The lowest BCUT2D eigenvalue weighted by Crippen LogP contribution is -2.48. The van der Waals surface area contributed by atoms with Crippen molar-refractivity contribution in [1.82, 2.24) is 10.2 Å². The van der Waals surface area contributed by atoms with Crippen LogP contribution in [-0.2, 0) is 15.1 Å². The molecule has 0 radical (unpaired) electrons. The summed E-state index contributed by atoms with van der Waals surface area (Å²) in [6.45, 7) is 5.01. The molecule has 0 bridgehead atoms. The summed E-state index contributed by atoms with van der Waals surface area (Å²) in [5.74, 6) is 1.30. The summed E-state index contributed by atoms with van der Waals surface area (Å²) < 4.78 is 11.7. The molecule has 192 valence electrons. The predicted molar refractivity (Wildman–Crippen MR) is 136 cm³/mol. The van der Waals surface area contributed by atoms with Gasteiger partial charge in [-0.2, -0.15) is 0 Å². The van der Waals surface area contributed by atoms with Crippen molar-refractivity contribution in [2.75, 3.05) is 40.4 Å². The molecule has 1 saturated heterocycles. The number of para-hydroxylation sites is 1. The second kappa shape index (κ2) is 13.5. The van der Waals surface area contributed by atoms with Crippen molar-refractivity contribution in [3.05, 3.63) is 29.8 Å². The van der Waals surface area contributed by atoms with Gasteiger partial charge in [0.15, 0.2) is 0 Å². The topological polar surface area (TPSA) is 71.0 Å². The van der Waals surface area contributed by atoms with Crippen molar-refractivity contribution >= 4 is 5.91 Å². The SMILES string of the molecule is CNC[C@H](C)CC(=O)N1CCC[C@@H]([C@@](O)(CCCCOC)c2ccccc2OC2CCCC2)C1. The van der Waals surface area contributed by atoms with E-state index in [9.17, 15) is 9.90 Å². The molecule has 1 saturated carbocycles. The van der Waals surface area contributed by atoms with E-state index in [0.717, 1.165) is 62.9 Å². The highest BCUT2D eigenvalue weighted by molar-refractivity contribution is 5.76. The molecule has 2 fully saturated rings. The van der Waals surface area contributed by atoms with Gasteiger partial charge < -0.3 is 24.8 Å². The Morgan fingerprint density at radius 3 is 2.71 bits per heavy atom. The maximum atomic E-state index is 13.1. The number of likely N-dealkylation sites (tertiary alicyclic amines) is 1. The second-order valence-electron chi connectivity index (χ2n) is 10.4. The number of carbonyl (C=O) groups is 1. The van der Waals surface area contributed by atoms with Crippen LogP contribution in [0.2, 0.25) is 0 Å². The highest BCUT2D eigenvalue weighted by Crippen LogP contribution is 2.44. The Balaban J connectivity index is 1.81. The van der Waals surface area contributed by atoms with Crippen LogP contribution >= 0.6 is 0 Å². The average Bonchev–Trinajstić information content (AvgIpc) is 3.35. The molecule has 6 nitrogen and oxygen atoms in total. The zero-order valence-corrected chi connectivity index (χ0v) is 21.6. The summed E-state index contributed by atoms with van der Waals surface area (Å²) in [5, 5.41) is 15.5. The van der Waals surface area contributed by atoms with E-state index in [4.69, 9.17) is 9.47 Å². The number of piperidine rings is 1. The molecule has 1 amide bonds. The minimum absolute atomic E-state index is 0.0133. The zero-order valence-electron chi connectivity index (χ0n) is 21.6. The number of nitrogens with zero attached hydrogens (tertiary/aromatic N) is 1. The summed E-state index contributed by atoms with van der Waals surface area (Å²) in [6.07, 6.45) is 9.60. The van der Waals surface area contributed by atoms with E-state index in [-0.39, 0.29) is 17.9 Å². The summed E-state index contributed by atoms with van der Waals surface area (Å²) >= 11 is 0. The number of rotatable bonds is 13. The zero-order chi connectivity index (χ0) is 24.4. The maximum Gasteiger partial charge on any atom is 0.222 e. The lowest BCUT2D eigenvalue weighted by atomic mass is 9.73. The number of benzene rings is 1. The molecular formula is C28H46N2O4. The highest BCUT2D eigenvalue weighted by Gasteiger charge is 2.43. The van der Waals surface area contributed by atoms with Crippen molar-refractivity contribution in [2.45, 2.75) is 82.8 Å². The highest BCUT2D eigenvalue weighted by atomic mass is 16.5. The van der Waals surface area contributed by atoms with E-state index in [1.54, 1.807) is 7.11 Å². The smallest absolute Gasteiger partial charge is 0.222 e. The summed E-state index contributed by atoms with van der Waals surface area (Å²) in [5.41, 5.74) is -0.138. The van der Waals surface area contributed by atoms with Crippen LogP contribution in [0.4, 0.5) is 0 Å². The molecule has 2 N–H and O–H groups in total. The van der Waals surface area contributed by atoms with Gasteiger partial charge in [-0.05, 0) is 83.4 Å². The van der Waals surface area contributed by atoms with E-state index in [2.05, 4.69) is 12.2 Å². The van der Waals surface area contributed by atoms with Gasteiger partial charge in [0.1, 0.15) is 5.75 Å². The Bertz CT molecular complexity index is 752. The minimum atomic E-state index is -1.03. The first kappa shape index (κ1) is 27.0.